The van der Waals surface area contributed by atoms with Gasteiger partial charge in [0.05, 0.1) is 5.38 Å². The second-order valence-corrected chi connectivity index (χ2v) is 2.86. The van der Waals surface area contributed by atoms with E-state index in [1.54, 1.807) is 6.08 Å². The molecule has 0 heterocycles. The summed E-state index contributed by atoms with van der Waals surface area (Å²) in [7, 11) is 0. The second kappa shape index (κ2) is 6.73. The van der Waals surface area contributed by atoms with Crippen LogP contribution < -0.4 is 0 Å². The summed E-state index contributed by atoms with van der Waals surface area (Å²) < 4.78 is 0. The molecule has 0 spiro atoms. The molecule has 1 atom stereocenters. The zero-order valence-corrected chi connectivity index (χ0v) is 7.26. The lowest BCUT2D eigenvalue weighted by Gasteiger charge is -1.98. The topological polar surface area (TPSA) is 0 Å². The summed E-state index contributed by atoms with van der Waals surface area (Å²) in [5.41, 5.74) is 1.44. The number of allylic oxidation sites excluding steroid dienone is 1. The molecule has 0 aromatic rings. The zero-order chi connectivity index (χ0) is 7.11. The van der Waals surface area contributed by atoms with Gasteiger partial charge in [-0.2, -0.15) is 0 Å². The molecule has 0 aromatic heterocycles. The molecule has 0 rings (SSSR count). The van der Waals surface area contributed by atoms with Crippen LogP contribution in [0.15, 0.2) is 11.6 Å². The van der Waals surface area contributed by atoms with E-state index in [0.717, 1.165) is 12.8 Å². The van der Waals surface area contributed by atoms with Crippen molar-refractivity contribution < 1.29 is 0 Å². The molecule has 0 aliphatic rings. The molecule has 0 saturated heterocycles. The molecule has 0 aliphatic carbocycles. The minimum atomic E-state index is 0.0428. The fraction of sp³-hybridized carbons (Fsp3) is 0.667. The van der Waals surface area contributed by atoms with Gasteiger partial charge in [0.2, 0.25) is 0 Å². The first-order chi connectivity index (χ1) is 4.31. The first-order valence-electron chi connectivity index (χ1n) is 2.78. The molecule has 0 amide bonds. The van der Waals surface area contributed by atoms with Crippen LogP contribution >= 0.6 is 34.8 Å². The molecule has 0 nitrogen and oxygen atoms in total. The molecule has 0 aliphatic heterocycles. The van der Waals surface area contributed by atoms with Crippen LogP contribution in [0, 0.1) is 0 Å². The smallest absolute Gasteiger partial charge is 0.0527 e. The Hall–Kier alpha value is 0.610. The SMILES string of the molecule is ClC=CC(Cl)CCCCl. The Balaban J connectivity index is 3.15. The van der Waals surface area contributed by atoms with E-state index < -0.39 is 0 Å². The second-order valence-electron chi connectivity index (χ2n) is 1.67. The molecular formula is C6H9Cl3. The number of halogens is 3. The molecule has 3 heteroatoms. The highest BCUT2D eigenvalue weighted by Gasteiger charge is 1.96. The van der Waals surface area contributed by atoms with Crippen molar-refractivity contribution in [3.63, 3.8) is 0 Å². The number of rotatable bonds is 4. The standard InChI is InChI=1S/C6H9Cl3/c7-4-1-2-6(9)3-5-8/h3,5-6H,1-2,4H2. The third kappa shape index (κ3) is 6.50. The van der Waals surface area contributed by atoms with Gasteiger partial charge in [0, 0.05) is 11.4 Å². The van der Waals surface area contributed by atoms with Crippen LogP contribution in [-0.2, 0) is 0 Å². The zero-order valence-electron chi connectivity index (χ0n) is 4.99. The van der Waals surface area contributed by atoms with Gasteiger partial charge in [0.25, 0.3) is 0 Å². The minimum absolute atomic E-state index is 0.0428. The molecule has 0 fully saturated rings. The van der Waals surface area contributed by atoms with E-state index in [0.29, 0.717) is 5.88 Å². The molecule has 0 bridgehead atoms. The van der Waals surface area contributed by atoms with Gasteiger partial charge < -0.3 is 0 Å². The van der Waals surface area contributed by atoms with Crippen LogP contribution in [0.3, 0.4) is 0 Å². The van der Waals surface area contributed by atoms with Gasteiger partial charge in [-0.15, -0.1) is 23.2 Å². The molecule has 0 radical (unpaired) electrons. The Kier molecular flexibility index (Phi) is 7.18. The van der Waals surface area contributed by atoms with Crippen molar-refractivity contribution in [2.45, 2.75) is 18.2 Å². The Morgan fingerprint density at radius 3 is 2.56 bits per heavy atom. The van der Waals surface area contributed by atoms with Crippen molar-refractivity contribution in [2.24, 2.45) is 0 Å². The maximum atomic E-state index is 5.73. The first kappa shape index (κ1) is 9.61. The molecular weight excluding hydrogens is 178 g/mol. The highest BCUT2D eigenvalue weighted by Crippen LogP contribution is 2.07. The van der Waals surface area contributed by atoms with Crippen LogP contribution in [0.4, 0.5) is 0 Å². The number of hydrogen-bond acceptors (Lipinski definition) is 0. The van der Waals surface area contributed by atoms with E-state index in [-0.39, 0.29) is 5.38 Å². The molecule has 0 saturated carbocycles. The summed E-state index contributed by atoms with van der Waals surface area (Å²) >= 11 is 16.4. The quantitative estimate of drug-likeness (QED) is 0.592. The predicted octanol–water partition coefficient (Wildman–Crippen LogP) is 3.37. The molecule has 0 aromatic carbocycles. The van der Waals surface area contributed by atoms with E-state index in [2.05, 4.69) is 0 Å². The summed E-state index contributed by atoms with van der Waals surface area (Å²) in [5.74, 6) is 0.666. The molecule has 1 unspecified atom stereocenters. The fourth-order valence-corrected chi connectivity index (χ4v) is 1.08. The van der Waals surface area contributed by atoms with Crippen LogP contribution in [0.25, 0.3) is 0 Å². The maximum absolute atomic E-state index is 5.73. The third-order valence-corrected chi connectivity index (χ3v) is 1.67. The molecule has 0 N–H and O–H groups in total. The van der Waals surface area contributed by atoms with Crippen LogP contribution in [0.2, 0.25) is 0 Å². The summed E-state index contributed by atoms with van der Waals surface area (Å²) in [5, 5.41) is 0.0428. The minimum Gasteiger partial charge on any atom is -0.127 e. The predicted molar refractivity (Wildman–Crippen MR) is 44.6 cm³/mol. The molecule has 54 valence electrons. The van der Waals surface area contributed by atoms with Gasteiger partial charge in [-0.1, -0.05) is 17.7 Å². The van der Waals surface area contributed by atoms with E-state index in [9.17, 15) is 0 Å². The van der Waals surface area contributed by atoms with E-state index in [4.69, 9.17) is 34.8 Å². The largest absolute Gasteiger partial charge is 0.127 e. The third-order valence-electron chi connectivity index (χ3n) is 0.895. The van der Waals surface area contributed by atoms with Gasteiger partial charge in [-0.3, -0.25) is 0 Å². The van der Waals surface area contributed by atoms with Crippen molar-refractivity contribution in [1.82, 2.24) is 0 Å². The summed E-state index contributed by atoms with van der Waals surface area (Å²) in [6, 6.07) is 0. The normalized spacial score (nSPS) is 14.6. The summed E-state index contributed by atoms with van der Waals surface area (Å²) in [4.78, 5) is 0. The highest BCUT2D eigenvalue weighted by atomic mass is 35.5. The lowest BCUT2D eigenvalue weighted by atomic mass is 10.2. The Labute approximate surface area is 70.8 Å². The Bertz CT molecular complexity index is 80.4. The van der Waals surface area contributed by atoms with Crippen LogP contribution in [0.1, 0.15) is 12.8 Å². The van der Waals surface area contributed by atoms with Crippen molar-refractivity contribution in [1.29, 1.82) is 0 Å². The average Bonchev–Trinajstić information content (AvgIpc) is 1.85. The monoisotopic (exact) mass is 186 g/mol. The van der Waals surface area contributed by atoms with Gasteiger partial charge >= 0.3 is 0 Å². The molecule has 9 heavy (non-hydrogen) atoms. The fourth-order valence-electron chi connectivity index (χ4n) is 0.447. The van der Waals surface area contributed by atoms with Crippen molar-refractivity contribution in [2.75, 3.05) is 5.88 Å². The number of hydrogen-bond donors (Lipinski definition) is 0. The first-order valence-corrected chi connectivity index (χ1v) is 4.19. The van der Waals surface area contributed by atoms with Crippen molar-refractivity contribution in [3.8, 4) is 0 Å². The van der Waals surface area contributed by atoms with E-state index >= 15 is 0 Å². The van der Waals surface area contributed by atoms with Crippen molar-refractivity contribution in [3.05, 3.63) is 11.6 Å². The Morgan fingerprint density at radius 1 is 1.44 bits per heavy atom. The van der Waals surface area contributed by atoms with Crippen LogP contribution in [-0.4, -0.2) is 11.3 Å². The lowest BCUT2D eigenvalue weighted by Crippen LogP contribution is -1.92. The van der Waals surface area contributed by atoms with Crippen molar-refractivity contribution >= 4 is 34.8 Å². The highest BCUT2D eigenvalue weighted by molar-refractivity contribution is 6.27. The van der Waals surface area contributed by atoms with Gasteiger partial charge in [0.15, 0.2) is 0 Å². The van der Waals surface area contributed by atoms with E-state index in [1.165, 1.54) is 5.54 Å². The summed E-state index contributed by atoms with van der Waals surface area (Å²) in [6.45, 7) is 0. The lowest BCUT2D eigenvalue weighted by molar-refractivity contribution is 0.827. The van der Waals surface area contributed by atoms with Gasteiger partial charge in [-0.05, 0) is 12.8 Å². The average molecular weight is 187 g/mol. The van der Waals surface area contributed by atoms with E-state index in [1.807, 2.05) is 0 Å². The van der Waals surface area contributed by atoms with Gasteiger partial charge in [0.1, 0.15) is 0 Å². The van der Waals surface area contributed by atoms with Gasteiger partial charge in [-0.25, -0.2) is 0 Å². The maximum Gasteiger partial charge on any atom is 0.0527 e. The number of alkyl halides is 2. The van der Waals surface area contributed by atoms with Crippen LogP contribution in [0.5, 0.6) is 0 Å². The Morgan fingerprint density at radius 2 is 2.11 bits per heavy atom. The summed E-state index contributed by atoms with van der Waals surface area (Å²) in [6.07, 6.45) is 3.58.